The normalized spacial score (nSPS) is 16.9. The Bertz CT molecular complexity index is 367. The Hall–Kier alpha value is -1.29. The third-order valence-electron chi connectivity index (χ3n) is 2.96. The van der Waals surface area contributed by atoms with Crippen molar-refractivity contribution in [2.45, 2.75) is 31.6 Å². The van der Waals surface area contributed by atoms with E-state index in [1.54, 1.807) is 0 Å². The van der Waals surface area contributed by atoms with Crippen LogP contribution in [-0.4, -0.2) is 0 Å². The van der Waals surface area contributed by atoms with Crippen molar-refractivity contribution in [1.82, 2.24) is 0 Å². The fraction of sp³-hybridized carbons (Fsp3) is 0.385. The third-order valence-corrected chi connectivity index (χ3v) is 2.96. The van der Waals surface area contributed by atoms with Gasteiger partial charge >= 0.3 is 0 Å². The molecule has 0 atom stereocenters. The van der Waals surface area contributed by atoms with E-state index in [1.807, 2.05) is 12.1 Å². The molecule has 0 aliphatic heterocycles. The minimum atomic E-state index is -0.132. The second kappa shape index (κ2) is 3.84. The number of terminal acetylenes is 1. The fourth-order valence-electron chi connectivity index (χ4n) is 2.18. The van der Waals surface area contributed by atoms with Crippen LogP contribution in [0.2, 0.25) is 0 Å². The summed E-state index contributed by atoms with van der Waals surface area (Å²) in [5.41, 5.74) is 1.48. The average Bonchev–Trinajstić information content (AvgIpc) is 2.70. The molecule has 0 heterocycles. The first-order valence-corrected chi connectivity index (χ1v) is 5.07. The molecule has 0 unspecified atom stereocenters. The lowest BCUT2D eigenvalue weighted by Crippen LogP contribution is -1.96. The Balaban J connectivity index is 2.30. The minimum absolute atomic E-state index is 0.132. The van der Waals surface area contributed by atoms with Crippen molar-refractivity contribution in [3.63, 3.8) is 0 Å². The Labute approximate surface area is 84.1 Å². The van der Waals surface area contributed by atoms with Gasteiger partial charge in [0.25, 0.3) is 0 Å². The van der Waals surface area contributed by atoms with Crippen molar-refractivity contribution in [3.05, 3.63) is 35.1 Å². The maximum atomic E-state index is 13.6. The molecule has 0 nitrogen and oxygen atoms in total. The smallest absolute Gasteiger partial charge is 0.127 e. The minimum Gasteiger partial charge on any atom is -0.207 e. The lowest BCUT2D eigenvalue weighted by Gasteiger charge is -2.10. The van der Waals surface area contributed by atoms with Crippen LogP contribution in [0, 0.1) is 18.2 Å². The van der Waals surface area contributed by atoms with Crippen LogP contribution in [0.15, 0.2) is 18.2 Å². The van der Waals surface area contributed by atoms with Crippen LogP contribution in [0.1, 0.15) is 42.7 Å². The highest BCUT2D eigenvalue weighted by Gasteiger charge is 2.19. The summed E-state index contributed by atoms with van der Waals surface area (Å²) in [5.74, 6) is 2.73. The highest BCUT2D eigenvalue weighted by Crippen LogP contribution is 2.35. The second-order valence-corrected chi connectivity index (χ2v) is 3.86. The van der Waals surface area contributed by atoms with Gasteiger partial charge in [-0.25, -0.2) is 4.39 Å². The van der Waals surface area contributed by atoms with Gasteiger partial charge in [-0.05, 0) is 36.5 Å². The molecule has 1 aliphatic rings. The van der Waals surface area contributed by atoms with E-state index in [1.165, 1.54) is 18.9 Å². The molecule has 14 heavy (non-hydrogen) atoms. The standard InChI is InChI=1S/C13H13F/c1-2-10-7-8-12(13(14)9-10)11-5-3-4-6-11/h1,7-9,11H,3-6H2. The van der Waals surface area contributed by atoms with Crippen LogP contribution in [-0.2, 0) is 0 Å². The lowest BCUT2D eigenvalue weighted by molar-refractivity contribution is 0.580. The van der Waals surface area contributed by atoms with Gasteiger partial charge in [0.15, 0.2) is 0 Å². The second-order valence-electron chi connectivity index (χ2n) is 3.86. The molecule has 1 heteroatoms. The lowest BCUT2D eigenvalue weighted by atomic mass is 9.96. The highest BCUT2D eigenvalue weighted by molar-refractivity contribution is 5.36. The molecule has 1 aromatic rings. The fourth-order valence-corrected chi connectivity index (χ4v) is 2.18. The molecule has 72 valence electrons. The molecule has 1 saturated carbocycles. The molecule has 0 aromatic heterocycles. The number of rotatable bonds is 1. The number of benzene rings is 1. The molecule has 0 N–H and O–H groups in total. The van der Waals surface area contributed by atoms with Gasteiger partial charge in [-0.3, -0.25) is 0 Å². The third kappa shape index (κ3) is 1.65. The van der Waals surface area contributed by atoms with Crippen LogP contribution in [0.4, 0.5) is 4.39 Å². The molecule has 1 aromatic carbocycles. The maximum Gasteiger partial charge on any atom is 0.127 e. The maximum absolute atomic E-state index is 13.6. The van der Waals surface area contributed by atoms with Crippen molar-refractivity contribution in [3.8, 4) is 12.3 Å². The average molecular weight is 188 g/mol. The van der Waals surface area contributed by atoms with Gasteiger partial charge in [0.2, 0.25) is 0 Å². The van der Waals surface area contributed by atoms with E-state index >= 15 is 0 Å². The molecule has 0 spiro atoms. The van der Waals surface area contributed by atoms with Crippen LogP contribution < -0.4 is 0 Å². The van der Waals surface area contributed by atoms with Crippen molar-refractivity contribution < 1.29 is 4.39 Å². The predicted molar refractivity (Wildman–Crippen MR) is 55.5 cm³/mol. The number of halogens is 1. The summed E-state index contributed by atoms with van der Waals surface area (Å²) in [6.45, 7) is 0. The summed E-state index contributed by atoms with van der Waals surface area (Å²) in [6.07, 6.45) is 9.89. The molecule has 1 aliphatic carbocycles. The summed E-state index contributed by atoms with van der Waals surface area (Å²) in [7, 11) is 0. The summed E-state index contributed by atoms with van der Waals surface area (Å²) in [4.78, 5) is 0. The monoisotopic (exact) mass is 188 g/mol. The van der Waals surface area contributed by atoms with E-state index in [4.69, 9.17) is 6.42 Å². The van der Waals surface area contributed by atoms with E-state index in [2.05, 4.69) is 5.92 Å². The van der Waals surface area contributed by atoms with Gasteiger partial charge in [0, 0.05) is 5.56 Å². The van der Waals surface area contributed by atoms with Crippen LogP contribution >= 0.6 is 0 Å². The topological polar surface area (TPSA) is 0 Å². The molecule has 0 radical (unpaired) electrons. The van der Waals surface area contributed by atoms with E-state index in [0.717, 1.165) is 18.4 Å². The molecule has 0 amide bonds. The van der Waals surface area contributed by atoms with Crippen molar-refractivity contribution in [1.29, 1.82) is 0 Å². The molecular formula is C13H13F. The van der Waals surface area contributed by atoms with Gasteiger partial charge in [-0.1, -0.05) is 24.8 Å². The van der Waals surface area contributed by atoms with E-state index in [-0.39, 0.29) is 5.82 Å². The van der Waals surface area contributed by atoms with Gasteiger partial charge in [-0.15, -0.1) is 6.42 Å². The molecular weight excluding hydrogens is 175 g/mol. The summed E-state index contributed by atoms with van der Waals surface area (Å²) >= 11 is 0. The van der Waals surface area contributed by atoms with Gasteiger partial charge < -0.3 is 0 Å². The zero-order chi connectivity index (χ0) is 9.97. The van der Waals surface area contributed by atoms with E-state index < -0.39 is 0 Å². The first kappa shape index (κ1) is 9.27. The number of hydrogen-bond donors (Lipinski definition) is 0. The zero-order valence-corrected chi connectivity index (χ0v) is 8.09. The van der Waals surface area contributed by atoms with Crippen LogP contribution in [0.25, 0.3) is 0 Å². The Morgan fingerprint density at radius 1 is 1.29 bits per heavy atom. The van der Waals surface area contributed by atoms with Gasteiger partial charge in [0.1, 0.15) is 5.82 Å². The highest BCUT2D eigenvalue weighted by atomic mass is 19.1. The molecule has 2 rings (SSSR count). The van der Waals surface area contributed by atoms with Gasteiger partial charge in [0.05, 0.1) is 0 Å². The SMILES string of the molecule is C#Cc1ccc(C2CCCC2)c(F)c1. The van der Waals surface area contributed by atoms with Crippen molar-refractivity contribution >= 4 is 0 Å². The van der Waals surface area contributed by atoms with Crippen LogP contribution in [0.3, 0.4) is 0 Å². The van der Waals surface area contributed by atoms with Crippen LogP contribution in [0.5, 0.6) is 0 Å². The molecule has 0 saturated heterocycles. The first-order chi connectivity index (χ1) is 6.81. The largest absolute Gasteiger partial charge is 0.207 e. The summed E-state index contributed by atoms with van der Waals surface area (Å²) in [6, 6.07) is 5.14. The Morgan fingerprint density at radius 3 is 2.57 bits per heavy atom. The Morgan fingerprint density at radius 2 is 2.00 bits per heavy atom. The van der Waals surface area contributed by atoms with Crippen molar-refractivity contribution in [2.75, 3.05) is 0 Å². The van der Waals surface area contributed by atoms with E-state index in [9.17, 15) is 4.39 Å². The molecule has 0 bridgehead atoms. The Kier molecular flexibility index (Phi) is 2.54. The zero-order valence-electron chi connectivity index (χ0n) is 8.09. The predicted octanol–water partition coefficient (Wildman–Crippen LogP) is 3.46. The summed E-state index contributed by atoms with van der Waals surface area (Å²) < 4.78 is 13.6. The van der Waals surface area contributed by atoms with Gasteiger partial charge in [-0.2, -0.15) is 0 Å². The quantitative estimate of drug-likeness (QED) is 0.592. The van der Waals surface area contributed by atoms with E-state index in [0.29, 0.717) is 11.5 Å². The van der Waals surface area contributed by atoms with Crippen molar-refractivity contribution in [2.24, 2.45) is 0 Å². The first-order valence-electron chi connectivity index (χ1n) is 5.07. The summed E-state index contributed by atoms with van der Waals surface area (Å²) in [5, 5.41) is 0. The molecule has 1 fully saturated rings. The number of hydrogen-bond acceptors (Lipinski definition) is 0.